The normalized spacial score (nSPS) is 10.1. The standard InChI is InChI=1S/C19H21N3O5/c1-2-3-11-20-19(24)14-7-6-8-15(12-14)21-18(23)13-27-17-10-5-4-9-16(17)22(25)26/h4-10,12H,2-3,11,13H2,1H3,(H,20,24)(H,21,23). The Morgan fingerprint density at radius 2 is 1.93 bits per heavy atom. The van der Waals surface area contributed by atoms with E-state index in [0.29, 0.717) is 17.8 Å². The van der Waals surface area contributed by atoms with Gasteiger partial charge < -0.3 is 15.4 Å². The van der Waals surface area contributed by atoms with Crippen LogP contribution in [0.3, 0.4) is 0 Å². The summed E-state index contributed by atoms with van der Waals surface area (Å²) in [5.41, 5.74) is 0.661. The van der Waals surface area contributed by atoms with Crippen molar-refractivity contribution >= 4 is 23.2 Å². The second-order valence-electron chi connectivity index (χ2n) is 5.75. The second-order valence-corrected chi connectivity index (χ2v) is 5.75. The quantitative estimate of drug-likeness (QED) is 0.400. The molecule has 0 radical (unpaired) electrons. The topological polar surface area (TPSA) is 111 Å². The molecule has 0 saturated heterocycles. The number of nitro groups is 1. The maximum atomic E-state index is 12.1. The molecular weight excluding hydrogens is 350 g/mol. The number of nitrogens with zero attached hydrogens (tertiary/aromatic N) is 1. The predicted octanol–water partition coefficient (Wildman–Crippen LogP) is 3.14. The van der Waals surface area contributed by atoms with Crippen LogP contribution in [-0.2, 0) is 4.79 Å². The molecule has 8 nitrogen and oxygen atoms in total. The van der Waals surface area contributed by atoms with Crippen LogP contribution in [0.2, 0.25) is 0 Å². The Morgan fingerprint density at radius 1 is 1.15 bits per heavy atom. The molecule has 2 amide bonds. The zero-order valence-electron chi connectivity index (χ0n) is 14.9. The van der Waals surface area contributed by atoms with Gasteiger partial charge in [-0.3, -0.25) is 19.7 Å². The summed E-state index contributed by atoms with van der Waals surface area (Å²) in [6.07, 6.45) is 1.88. The van der Waals surface area contributed by atoms with Crippen LogP contribution in [0.15, 0.2) is 48.5 Å². The first-order chi connectivity index (χ1) is 13.0. The van der Waals surface area contributed by atoms with Crippen LogP contribution >= 0.6 is 0 Å². The highest BCUT2D eigenvalue weighted by molar-refractivity contribution is 5.97. The number of rotatable bonds is 9. The Morgan fingerprint density at radius 3 is 2.67 bits per heavy atom. The molecule has 2 aromatic carbocycles. The maximum absolute atomic E-state index is 12.1. The average molecular weight is 371 g/mol. The van der Waals surface area contributed by atoms with E-state index in [-0.39, 0.29) is 17.3 Å². The third kappa shape index (κ3) is 6.10. The molecule has 2 aromatic rings. The molecule has 0 aliphatic rings. The van der Waals surface area contributed by atoms with Crippen LogP contribution in [0.25, 0.3) is 0 Å². The number of hydrogen-bond acceptors (Lipinski definition) is 5. The van der Waals surface area contributed by atoms with E-state index in [1.54, 1.807) is 30.3 Å². The summed E-state index contributed by atoms with van der Waals surface area (Å²) in [6, 6.07) is 12.3. The maximum Gasteiger partial charge on any atom is 0.310 e. The molecule has 0 unspecified atom stereocenters. The second kappa shape index (κ2) is 9.91. The first-order valence-corrected chi connectivity index (χ1v) is 8.55. The molecule has 2 N–H and O–H groups in total. The van der Waals surface area contributed by atoms with Gasteiger partial charge in [-0.1, -0.05) is 31.5 Å². The van der Waals surface area contributed by atoms with Crippen LogP contribution in [0, 0.1) is 10.1 Å². The Hall–Kier alpha value is -3.42. The van der Waals surface area contributed by atoms with Gasteiger partial charge in [-0.2, -0.15) is 0 Å². The molecule has 0 heterocycles. The lowest BCUT2D eigenvalue weighted by Crippen LogP contribution is -2.25. The van der Waals surface area contributed by atoms with Crippen molar-refractivity contribution in [3.8, 4) is 5.75 Å². The zero-order chi connectivity index (χ0) is 19.6. The summed E-state index contributed by atoms with van der Waals surface area (Å²) in [4.78, 5) is 34.5. The van der Waals surface area contributed by atoms with Crippen LogP contribution in [0.1, 0.15) is 30.1 Å². The summed E-state index contributed by atoms with van der Waals surface area (Å²) in [7, 11) is 0. The highest BCUT2D eigenvalue weighted by atomic mass is 16.6. The molecule has 0 aromatic heterocycles. The largest absolute Gasteiger partial charge is 0.477 e. The number of unbranched alkanes of at least 4 members (excludes halogenated alkanes) is 1. The van der Waals surface area contributed by atoms with E-state index in [1.807, 2.05) is 6.92 Å². The van der Waals surface area contributed by atoms with Crippen molar-refractivity contribution in [2.24, 2.45) is 0 Å². The minimum Gasteiger partial charge on any atom is -0.477 e. The Balaban J connectivity index is 1.93. The lowest BCUT2D eigenvalue weighted by Gasteiger charge is -2.09. The van der Waals surface area contributed by atoms with E-state index < -0.39 is 17.4 Å². The summed E-state index contributed by atoms with van der Waals surface area (Å²) >= 11 is 0. The minimum atomic E-state index is -0.576. The van der Waals surface area contributed by atoms with Crippen molar-refractivity contribution in [1.82, 2.24) is 5.32 Å². The van der Waals surface area contributed by atoms with Crippen LogP contribution in [0.4, 0.5) is 11.4 Å². The van der Waals surface area contributed by atoms with Crippen molar-refractivity contribution in [2.75, 3.05) is 18.5 Å². The molecule has 0 spiro atoms. The molecule has 142 valence electrons. The van der Waals surface area contributed by atoms with Gasteiger partial charge in [-0.25, -0.2) is 0 Å². The number of carbonyl (C=O) groups is 2. The van der Waals surface area contributed by atoms with E-state index in [4.69, 9.17) is 4.74 Å². The number of benzene rings is 2. The molecule has 8 heteroatoms. The van der Waals surface area contributed by atoms with E-state index in [1.165, 1.54) is 18.2 Å². The summed E-state index contributed by atoms with van der Waals surface area (Å²) in [6.45, 7) is 2.24. The van der Waals surface area contributed by atoms with Gasteiger partial charge in [-0.05, 0) is 30.7 Å². The monoisotopic (exact) mass is 371 g/mol. The van der Waals surface area contributed by atoms with Crippen molar-refractivity contribution in [1.29, 1.82) is 0 Å². The van der Waals surface area contributed by atoms with Crippen LogP contribution in [0.5, 0.6) is 5.75 Å². The molecule has 0 aliphatic carbocycles. The summed E-state index contributed by atoms with van der Waals surface area (Å²) in [5.74, 6) is -0.686. The molecule has 0 bridgehead atoms. The van der Waals surface area contributed by atoms with E-state index in [0.717, 1.165) is 12.8 Å². The fourth-order valence-electron chi connectivity index (χ4n) is 2.29. The predicted molar refractivity (Wildman–Crippen MR) is 101 cm³/mol. The molecule has 2 rings (SSSR count). The highest BCUT2D eigenvalue weighted by Crippen LogP contribution is 2.25. The summed E-state index contributed by atoms with van der Waals surface area (Å²) in [5, 5.41) is 16.4. The Kier molecular flexibility index (Phi) is 7.30. The lowest BCUT2D eigenvalue weighted by molar-refractivity contribution is -0.385. The number of nitrogens with one attached hydrogen (secondary N) is 2. The Labute approximate surface area is 156 Å². The van der Waals surface area contributed by atoms with Gasteiger partial charge in [0, 0.05) is 23.9 Å². The molecule has 0 saturated carbocycles. The molecule has 27 heavy (non-hydrogen) atoms. The third-order valence-electron chi connectivity index (χ3n) is 3.65. The van der Waals surface area contributed by atoms with Crippen LogP contribution in [-0.4, -0.2) is 29.9 Å². The van der Waals surface area contributed by atoms with Crippen molar-refractivity contribution < 1.29 is 19.2 Å². The van der Waals surface area contributed by atoms with E-state index in [2.05, 4.69) is 10.6 Å². The fourth-order valence-corrected chi connectivity index (χ4v) is 2.29. The fraction of sp³-hybridized carbons (Fsp3) is 0.263. The van der Waals surface area contributed by atoms with E-state index >= 15 is 0 Å². The van der Waals surface area contributed by atoms with Crippen molar-refractivity contribution in [3.63, 3.8) is 0 Å². The van der Waals surface area contributed by atoms with Gasteiger partial charge in [0.1, 0.15) is 0 Å². The Bertz CT molecular complexity index is 822. The lowest BCUT2D eigenvalue weighted by atomic mass is 10.2. The number of hydrogen-bond donors (Lipinski definition) is 2. The van der Waals surface area contributed by atoms with Gasteiger partial charge in [0.2, 0.25) is 0 Å². The highest BCUT2D eigenvalue weighted by Gasteiger charge is 2.15. The number of ether oxygens (including phenoxy) is 1. The van der Waals surface area contributed by atoms with Gasteiger partial charge >= 0.3 is 5.69 Å². The average Bonchev–Trinajstić information content (AvgIpc) is 2.67. The minimum absolute atomic E-state index is 0.0155. The van der Waals surface area contributed by atoms with Gasteiger partial charge in [-0.15, -0.1) is 0 Å². The van der Waals surface area contributed by atoms with Gasteiger partial charge in [0.15, 0.2) is 12.4 Å². The van der Waals surface area contributed by atoms with Crippen molar-refractivity contribution in [2.45, 2.75) is 19.8 Å². The first kappa shape index (κ1) is 19.9. The first-order valence-electron chi connectivity index (χ1n) is 8.55. The summed E-state index contributed by atoms with van der Waals surface area (Å²) < 4.78 is 5.24. The van der Waals surface area contributed by atoms with Crippen LogP contribution < -0.4 is 15.4 Å². The van der Waals surface area contributed by atoms with Crippen molar-refractivity contribution in [3.05, 3.63) is 64.2 Å². The number of amides is 2. The molecule has 0 fully saturated rings. The number of nitro benzene ring substituents is 1. The molecule has 0 aliphatic heterocycles. The SMILES string of the molecule is CCCCNC(=O)c1cccc(NC(=O)COc2ccccc2[N+](=O)[O-])c1. The third-order valence-corrected chi connectivity index (χ3v) is 3.65. The van der Waals surface area contributed by atoms with Gasteiger partial charge in [0.25, 0.3) is 11.8 Å². The smallest absolute Gasteiger partial charge is 0.310 e. The zero-order valence-corrected chi connectivity index (χ0v) is 14.9. The number of carbonyl (C=O) groups excluding carboxylic acids is 2. The molecule has 0 atom stereocenters. The number of para-hydroxylation sites is 2. The number of anilines is 1. The van der Waals surface area contributed by atoms with Gasteiger partial charge in [0.05, 0.1) is 4.92 Å². The molecular formula is C19H21N3O5. The van der Waals surface area contributed by atoms with E-state index in [9.17, 15) is 19.7 Å².